The molecule has 0 radical (unpaired) electrons. The van der Waals surface area contributed by atoms with Crippen molar-refractivity contribution in [3.8, 4) is 23.4 Å². The summed E-state index contributed by atoms with van der Waals surface area (Å²) in [6, 6.07) is 11.0. The Balaban J connectivity index is 2.63. The molecule has 2 rings (SSSR count). The second kappa shape index (κ2) is 3.88. The fourth-order valence-corrected chi connectivity index (χ4v) is 1.56. The largest absolute Gasteiger partial charge is 0.268 e. The van der Waals surface area contributed by atoms with Crippen molar-refractivity contribution in [1.29, 1.82) is 10.5 Å². The Hall–Kier alpha value is -2.59. The third-order valence-electron chi connectivity index (χ3n) is 2.31. The maximum atomic E-state index is 8.87. The van der Waals surface area contributed by atoms with Crippen molar-refractivity contribution in [2.24, 2.45) is 7.05 Å². The van der Waals surface area contributed by atoms with Crippen molar-refractivity contribution in [2.45, 2.75) is 0 Å². The second-order valence-electron chi connectivity index (χ2n) is 3.36. The molecule has 0 fully saturated rings. The van der Waals surface area contributed by atoms with E-state index in [-0.39, 0.29) is 0 Å². The predicted octanol–water partition coefficient (Wildman–Crippen LogP) is 1.83. The lowest BCUT2D eigenvalue weighted by Crippen LogP contribution is -1.94. The number of nitrogens with zero attached hydrogens (tertiary/aromatic N) is 4. The zero-order valence-electron chi connectivity index (χ0n) is 8.68. The van der Waals surface area contributed by atoms with Crippen LogP contribution in [0.25, 0.3) is 11.3 Å². The van der Waals surface area contributed by atoms with Crippen LogP contribution in [0.4, 0.5) is 0 Å². The second-order valence-corrected chi connectivity index (χ2v) is 3.36. The van der Waals surface area contributed by atoms with E-state index in [9.17, 15) is 0 Å². The average molecular weight is 208 g/mol. The summed E-state index contributed by atoms with van der Waals surface area (Å²) in [5, 5.41) is 21.8. The van der Waals surface area contributed by atoms with Crippen LogP contribution in [-0.2, 0) is 7.05 Å². The summed E-state index contributed by atoms with van der Waals surface area (Å²) in [4.78, 5) is 0. The monoisotopic (exact) mass is 208 g/mol. The van der Waals surface area contributed by atoms with Crippen LogP contribution in [0.1, 0.15) is 11.1 Å². The van der Waals surface area contributed by atoms with E-state index in [1.165, 1.54) is 0 Å². The van der Waals surface area contributed by atoms with Crippen molar-refractivity contribution in [3.63, 3.8) is 0 Å². The summed E-state index contributed by atoms with van der Waals surface area (Å²) >= 11 is 0. The number of benzene rings is 1. The number of nitriles is 2. The van der Waals surface area contributed by atoms with Crippen LogP contribution in [0.15, 0.2) is 30.5 Å². The van der Waals surface area contributed by atoms with Gasteiger partial charge in [0.15, 0.2) is 0 Å². The Bertz CT molecular complexity index is 578. The molecule has 76 valence electrons. The molecule has 1 aromatic heterocycles. The van der Waals surface area contributed by atoms with E-state index in [1.54, 1.807) is 29.1 Å². The highest BCUT2D eigenvalue weighted by Gasteiger charge is 2.05. The van der Waals surface area contributed by atoms with Gasteiger partial charge in [-0.05, 0) is 24.3 Å². The molecular weight excluding hydrogens is 200 g/mol. The molecule has 4 heteroatoms. The van der Waals surface area contributed by atoms with Crippen LogP contribution in [0.2, 0.25) is 0 Å². The lowest BCUT2D eigenvalue weighted by atomic mass is 10.0. The van der Waals surface area contributed by atoms with Crippen molar-refractivity contribution >= 4 is 0 Å². The van der Waals surface area contributed by atoms with Gasteiger partial charge in [-0.25, -0.2) is 0 Å². The number of aryl methyl sites for hydroxylation is 1. The van der Waals surface area contributed by atoms with Gasteiger partial charge in [-0.15, -0.1) is 0 Å². The molecule has 0 spiro atoms. The number of hydrogen-bond acceptors (Lipinski definition) is 3. The molecule has 4 nitrogen and oxygen atoms in total. The third kappa shape index (κ3) is 1.65. The normalized spacial score (nSPS) is 9.44. The van der Waals surface area contributed by atoms with Crippen LogP contribution in [0, 0.1) is 22.7 Å². The number of rotatable bonds is 1. The lowest BCUT2D eigenvalue weighted by Gasteiger charge is -2.03. The molecule has 0 aliphatic carbocycles. The van der Waals surface area contributed by atoms with E-state index in [0.717, 1.165) is 11.3 Å². The molecule has 0 N–H and O–H groups in total. The fourth-order valence-electron chi connectivity index (χ4n) is 1.56. The molecule has 1 heterocycles. The van der Waals surface area contributed by atoms with Crippen LogP contribution < -0.4 is 0 Å². The molecule has 1 aromatic carbocycles. The van der Waals surface area contributed by atoms with E-state index in [1.807, 2.05) is 25.3 Å². The standard InChI is InChI=1S/C12H8N4/c1-16-12(2-3-15-16)11-5-9(7-13)4-10(6-11)8-14/h2-6H,1H3. The van der Waals surface area contributed by atoms with Gasteiger partial charge in [0.1, 0.15) is 0 Å². The van der Waals surface area contributed by atoms with Gasteiger partial charge in [0, 0.05) is 18.8 Å². The van der Waals surface area contributed by atoms with Gasteiger partial charge < -0.3 is 0 Å². The van der Waals surface area contributed by atoms with Crippen LogP contribution >= 0.6 is 0 Å². The minimum absolute atomic E-state index is 0.482. The SMILES string of the molecule is Cn1nccc1-c1cc(C#N)cc(C#N)c1. The van der Waals surface area contributed by atoms with Gasteiger partial charge in [0.05, 0.1) is 29.0 Å². The summed E-state index contributed by atoms with van der Waals surface area (Å²) in [5.74, 6) is 0. The van der Waals surface area contributed by atoms with E-state index in [0.29, 0.717) is 11.1 Å². The molecule has 0 amide bonds. The zero-order chi connectivity index (χ0) is 11.5. The van der Waals surface area contributed by atoms with E-state index in [4.69, 9.17) is 10.5 Å². The van der Waals surface area contributed by atoms with Gasteiger partial charge in [0.2, 0.25) is 0 Å². The highest BCUT2D eigenvalue weighted by molar-refractivity contribution is 5.64. The summed E-state index contributed by atoms with van der Waals surface area (Å²) in [6.45, 7) is 0. The van der Waals surface area contributed by atoms with Gasteiger partial charge >= 0.3 is 0 Å². The first-order valence-corrected chi connectivity index (χ1v) is 4.68. The Morgan fingerprint density at radius 2 is 1.75 bits per heavy atom. The Morgan fingerprint density at radius 3 is 2.19 bits per heavy atom. The smallest absolute Gasteiger partial charge is 0.0992 e. The third-order valence-corrected chi connectivity index (χ3v) is 2.31. The Labute approximate surface area is 93.0 Å². The average Bonchev–Trinajstić information content (AvgIpc) is 2.74. The summed E-state index contributed by atoms with van der Waals surface area (Å²) in [6.07, 6.45) is 1.68. The Kier molecular flexibility index (Phi) is 2.41. The predicted molar refractivity (Wildman–Crippen MR) is 58.1 cm³/mol. The number of aromatic nitrogens is 2. The highest BCUT2D eigenvalue weighted by atomic mass is 15.2. The highest BCUT2D eigenvalue weighted by Crippen LogP contribution is 2.21. The molecule has 2 aromatic rings. The van der Waals surface area contributed by atoms with Crippen molar-refractivity contribution < 1.29 is 0 Å². The maximum Gasteiger partial charge on any atom is 0.0992 e. The first-order valence-electron chi connectivity index (χ1n) is 4.68. The fraction of sp³-hybridized carbons (Fsp3) is 0.0833. The van der Waals surface area contributed by atoms with E-state index >= 15 is 0 Å². The van der Waals surface area contributed by atoms with Gasteiger partial charge in [-0.2, -0.15) is 15.6 Å². The maximum absolute atomic E-state index is 8.87. The van der Waals surface area contributed by atoms with Crippen molar-refractivity contribution in [2.75, 3.05) is 0 Å². The molecule has 16 heavy (non-hydrogen) atoms. The van der Waals surface area contributed by atoms with Crippen molar-refractivity contribution in [3.05, 3.63) is 41.6 Å². The molecule has 0 unspecified atom stereocenters. The Morgan fingerprint density at radius 1 is 1.12 bits per heavy atom. The first kappa shape index (κ1) is 9.95. The molecule has 0 saturated carbocycles. The molecular formula is C12H8N4. The molecule has 0 atom stereocenters. The summed E-state index contributed by atoms with van der Waals surface area (Å²) in [5.41, 5.74) is 2.68. The van der Waals surface area contributed by atoms with Crippen LogP contribution in [0.5, 0.6) is 0 Å². The van der Waals surface area contributed by atoms with Crippen molar-refractivity contribution in [1.82, 2.24) is 9.78 Å². The number of hydrogen-bond donors (Lipinski definition) is 0. The van der Waals surface area contributed by atoms with E-state index in [2.05, 4.69) is 5.10 Å². The van der Waals surface area contributed by atoms with E-state index < -0.39 is 0 Å². The molecule has 0 aliphatic rings. The molecule has 0 bridgehead atoms. The minimum Gasteiger partial charge on any atom is -0.268 e. The van der Waals surface area contributed by atoms with Gasteiger partial charge in [-0.3, -0.25) is 4.68 Å². The summed E-state index contributed by atoms with van der Waals surface area (Å²) in [7, 11) is 1.82. The minimum atomic E-state index is 0.482. The van der Waals surface area contributed by atoms with Gasteiger partial charge in [0.25, 0.3) is 0 Å². The molecule has 0 saturated heterocycles. The van der Waals surface area contributed by atoms with Gasteiger partial charge in [-0.1, -0.05) is 0 Å². The zero-order valence-corrected chi connectivity index (χ0v) is 8.68. The summed E-state index contributed by atoms with van der Waals surface area (Å²) < 4.78 is 1.71. The van der Waals surface area contributed by atoms with Crippen LogP contribution in [-0.4, -0.2) is 9.78 Å². The van der Waals surface area contributed by atoms with Crippen LogP contribution in [0.3, 0.4) is 0 Å². The topological polar surface area (TPSA) is 65.4 Å². The lowest BCUT2D eigenvalue weighted by molar-refractivity contribution is 0.776. The first-order chi connectivity index (χ1) is 7.74. The molecule has 0 aliphatic heterocycles. The quantitative estimate of drug-likeness (QED) is 0.718.